The second-order valence-electron chi connectivity index (χ2n) is 9.40. The summed E-state index contributed by atoms with van der Waals surface area (Å²) in [5.74, 6) is -0.515. The molecule has 1 aliphatic rings. The summed E-state index contributed by atoms with van der Waals surface area (Å²) < 4.78 is 6.43. The number of benzene rings is 2. The quantitative estimate of drug-likeness (QED) is 0.614. The number of likely N-dealkylation sites (N-methyl/N-ethyl adjacent to an activating group) is 1. The molecule has 2 N–H and O–H groups in total. The van der Waals surface area contributed by atoms with Gasteiger partial charge < -0.3 is 24.7 Å². The van der Waals surface area contributed by atoms with Crippen molar-refractivity contribution in [2.75, 3.05) is 45.7 Å². The van der Waals surface area contributed by atoms with Crippen molar-refractivity contribution in [3.05, 3.63) is 59.2 Å². The van der Waals surface area contributed by atoms with Crippen LogP contribution < -0.4 is 9.64 Å². The van der Waals surface area contributed by atoms with Crippen LogP contribution in [0, 0.1) is 5.92 Å². The average molecular weight is 470 g/mol. The number of carbonyl (C=O) groups excluding carboxylic acids is 1. The van der Waals surface area contributed by atoms with Gasteiger partial charge in [0.25, 0.3) is 5.91 Å². The van der Waals surface area contributed by atoms with Crippen LogP contribution in [0.15, 0.2) is 42.5 Å². The third-order valence-corrected chi connectivity index (χ3v) is 6.31. The largest absolute Gasteiger partial charge is 0.488 e. The summed E-state index contributed by atoms with van der Waals surface area (Å²) >= 11 is 0. The second-order valence-corrected chi connectivity index (χ2v) is 9.40. The molecule has 0 fully saturated rings. The Morgan fingerprint density at radius 1 is 1.18 bits per heavy atom. The monoisotopic (exact) mass is 469 g/mol. The Kier molecular flexibility index (Phi) is 8.17. The number of hydrogen-bond donors (Lipinski definition) is 2. The highest BCUT2D eigenvalue weighted by Crippen LogP contribution is 2.31. The molecule has 0 saturated carbocycles. The molecule has 0 unspecified atom stereocenters. The maximum Gasteiger partial charge on any atom is 0.335 e. The molecule has 2 aromatic rings. The van der Waals surface area contributed by atoms with E-state index in [0.717, 1.165) is 11.3 Å². The molecular formula is C26H35N3O5. The van der Waals surface area contributed by atoms with Crippen LogP contribution in [0.1, 0.15) is 40.1 Å². The predicted octanol–water partition coefficient (Wildman–Crippen LogP) is 2.80. The maximum atomic E-state index is 13.4. The van der Waals surface area contributed by atoms with Crippen LogP contribution in [-0.4, -0.2) is 84.9 Å². The Balaban J connectivity index is 1.85. The van der Waals surface area contributed by atoms with Gasteiger partial charge in [-0.2, -0.15) is 0 Å². The van der Waals surface area contributed by atoms with Gasteiger partial charge in [-0.1, -0.05) is 19.1 Å². The molecular weight excluding hydrogens is 434 g/mol. The first-order valence-corrected chi connectivity index (χ1v) is 11.5. The van der Waals surface area contributed by atoms with Gasteiger partial charge in [0.1, 0.15) is 11.9 Å². The van der Waals surface area contributed by atoms with Crippen LogP contribution in [0.2, 0.25) is 0 Å². The van der Waals surface area contributed by atoms with Crippen LogP contribution in [0.25, 0.3) is 0 Å². The van der Waals surface area contributed by atoms with E-state index in [1.165, 1.54) is 0 Å². The van der Waals surface area contributed by atoms with E-state index in [9.17, 15) is 14.7 Å². The summed E-state index contributed by atoms with van der Waals surface area (Å²) in [5, 5.41) is 18.9. The molecule has 34 heavy (non-hydrogen) atoms. The van der Waals surface area contributed by atoms with Gasteiger partial charge in [-0.05, 0) is 49.9 Å². The van der Waals surface area contributed by atoms with Crippen molar-refractivity contribution in [2.45, 2.75) is 32.5 Å². The lowest BCUT2D eigenvalue weighted by Crippen LogP contribution is -2.49. The number of aliphatic hydroxyl groups is 1. The highest BCUT2D eigenvalue weighted by atomic mass is 16.5. The molecule has 1 amide bonds. The van der Waals surface area contributed by atoms with E-state index in [4.69, 9.17) is 9.84 Å². The predicted molar refractivity (Wildman–Crippen MR) is 132 cm³/mol. The van der Waals surface area contributed by atoms with Gasteiger partial charge in [0.05, 0.1) is 23.8 Å². The van der Waals surface area contributed by atoms with Crippen LogP contribution in [-0.2, 0) is 6.54 Å². The molecule has 0 radical (unpaired) electrons. The minimum atomic E-state index is -0.941. The normalized spacial score (nSPS) is 19.1. The van der Waals surface area contributed by atoms with Crippen molar-refractivity contribution in [3.63, 3.8) is 0 Å². The van der Waals surface area contributed by atoms with E-state index >= 15 is 0 Å². The molecule has 8 nitrogen and oxygen atoms in total. The van der Waals surface area contributed by atoms with Crippen LogP contribution >= 0.6 is 0 Å². The first-order chi connectivity index (χ1) is 16.1. The number of ether oxygens (including phenoxy) is 1. The number of amides is 1. The topological polar surface area (TPSA) is 93.6 Å². The first-order valence-electron chi connectivity index (χ1n) is 11.5. The Bertz CT molecular complexity index is 1010. The third-order valence-electron chi connectivity index (χ3n) is 6.31. The summed E-state index contributed by atoms with van der Waals surface area (Å²) in [4.78, 5) is 30.3. The molecule has 0 bridgehead atoms. The zero-order valence-electron chi connectivity index (χ0n) is 20.6. The van der Waals surface area contributed by atoms with Crippen LogP contribution in [0.4, 0.5) is 5.69 Å². The molecule has 3 atom stereocenters. The van der Waals surface area contributed by atoms with E-state index in [0.29, 0.717) is 30.9 Å². The summed E-state index contributed by atoms with van der Waals surface area (Å²) in [6.45, 7) is 5.52. The lowest BCUT2D eigenvalue weighted by molar-refractivity contribution is 0.0341. The Morgan fingerprint density at radius 2 is 1.85 bits per heavy atom. The van der Waals surface area contributed by atoms with E-state index in [1.807, 2.05) is 63.3 Å². The Hall–Kier alpha value is -3.10. The first kappa shape index (κ1) is 25.5. The molecule has 0 saturated heterocycles. The number of aromatic carboxylic acids is 1. The van der Waals surface area contributed by atoms with Crippen molar-refractivity contribution >= 4 is 17.6 Å². The molecule has 0 aromatic heterocycles. The molecule has 2 aromatic carbocycles. The molecule has 1 heterocycles. The molecule has 1 aliphatic heterocycles. The van der Waals surface area contributed by atoms with Crippen molar-refractivity contribution < 1.29 is 24.5 Å². The Morgan fingerprint density at radius 3 is 2.44 bits per heavy atom. The molecule has 0 spiro atoms. The number of carboxylic acids is 1. The smallest absolute Gasteiger partial charge is 0.335 e. The Labute approximate surface area is 201 Å². The van der Waals surface area contributed by atoms with Gasteiger partial charge in [-0.15, -0.1) is 0 Å². The summed E-state index contributed by atoms with van der Waals surface area (Å²) in [7, 11) is 5.84. The maximum absolute atomic E-state index is 13.4. The fourth-order valence-corrected chi connectivity index (χ4v) is 4.14. The van der Waals surface area contributed by atoms with Gasteiger partial charge in [0.2, 0.25) is 0 Å². The third kappa shape index (κ3) is 5.87. The fourth-order valence-electron chi connectivity index (χ4n) is 4.14. The standard InChI is InChI=1S/C26H35N3O5/c1-17-13-29(18(2)16-30)25(31)22-12-21(27(3)4)10-11-23(22)34-24(17)15-28(5)14-19-6-8-20(9-7-19)26(32)33/h6-12,17-18,24,30H,13-16H2,1-5H3,(H,32,33)/t17-,18-,24+/m1/s1. The van der Waals surface area contributed by atoms with Gasteiger partial charge in [-0.3, -0.25) is 9.69 Å². The summed E-state index contributed by atoms with van der Waals surface area (Å²) in [6, 6.07) is 12.2. The number of anilines is 1. The summed E-state index contributed by atoms with van der Waals surface area (Å²) in [6.07, 6.45) is -0.186. The van der Waals surface area contributed by atoms with E-state index in [-0.39, 0.29) is 36.1 Å². The minimum Gasteiger partial charge on any atom is -0.488 e. The van der Waals surface area contributed by atoms with Gasteiger partial charge in [0.15, 0.2) is 0 Å². The number of nitrogens with zero attached hydrogens (tertiary/aromatic N) is 3. The highest BCUT2D eigenvalue weighted by Gasteiger charge is 2.33. The van der Waals surface area contributed by atoms with Gasteiger partial charge in [0, 0.05) is 45.3 Å². The number of hydrogen-bond acceptors (Lipinski definition) is 6. The molecule has 8 heteroatoms. The molecule has 184 valence electrons. The minimum absolute atomic E-state index is 0.0245. The number of fused-ring (bicyclic) bond motifs is 1. The van der Waals surface area contributed by atoms with Crippen molar-refractivity contribution in [3.8, 4) is 5.75 Å². The lowest BCUT2D eigenvalue weighted by atomic mass is 9.99. The van der Waals surface area contributed by atoms with Crippen LogP contribution in [0.3, 0.4) is 0 Å². The summed E-state index contributed by atoms with van der Waals surface area (Å²) in [5.41, 5.74) is 2.67. The number of carboxylic acid groups (broad SMARTS) is 1. The zero-order chi connectivity index (χ0) is 25.0. The fraction of sp³-hybridized carbons (Fsp3) is 0.462. The molecule has 3 rings (SSSR count). The SMILES string of the molecule is C[C@@H]1CN([C@H](C)CO)C(=O)c2cc(N(C)C)ccc2O[C@H]1CN(C)Cc1ccc(C(=O)O)cc1. The zero-order valence-corrected chi connectivity index (χ0v) is 20.6. The van der Waals surface area contributed by atoms with Crippen molar-refractivity contribution in [1.29, 1.82) is 0 Å². The number of aliphatic hydroxyl groups excluding tert-OH is 1. The second kappa shape index (κ2) is 10.9. The van der Waals surface area contributed by atoms with Gasteiger partial charge in [-0.25, -0.2) is 4.79 Å². The highest BCUT2D eigenvalue weighted by molar-refractivity contribution is 5.98. The number of carbonyl (C=O) groups is 2. The van der Waals surface area contributed by atoms with E-state index < -0.39 is 5.97 Å². The average Bonchev–Trinajstić information content (AvgIpc) is 2.80. The number of rotatable bonds is 8. The molecule has 0 aliphatic carbocycles. The lowest BCUT2D eigenvalue weighted by Gasteiger charge is -2.38. The van der Waals surface area contributed by atoms with Crippen LogP contribution in [0.5, 0.6) is 5.75 Å². The van der Waals surface area contributed by atoms with E-state index in [1.54, 1.807) is 17.0 Å². The van der Waals surface area contributed by atoms with Gasteiger partial charge >= 0.3 is 5.97 Å². The van der Waals surface area contributed by atoms with Crippen molar-refractivity contribution in [1.82, 2.24) is 9.80 Å². The van der Waals surface area contributed by atoms with Crippen molar-refractivity contribution in [2.24, 2.45) is 5.92 Å². The van der Waals surface area contributed by atoms with E-state index in [2.05, 4.69) is 11.8 Å².